The van der Waals surface area contributed by atoms with Gasteiger partial charge in [0.05, 0.1) is 0 Å². The lowest BCUT2D eigenvalue weighted by Gasteiger charge is -1.88. The van der Waals surface area contributed by atoms with Crippen molar-refractivity contribution in [1.82, 2.24) is 4.98 Å². The predicted molar refractivity (Wildman–Crippen MR) is 51.0 cm³/mol. The fourth-order valence-corrected chi connectivity index (χ4v) is 2.08. The maximum absolute atomic E-state index is 5.28. The van der Waals surface area contributed by atoms with E-state index in [1.807, 2.05) is 17.7 Å². The SMILES string of the molecule is NC/C=C/CSc1nccs1. The number of nitrogens with two attached hydrogens (primary N) is 1. The standard InChI is InChI=1S/C7H10N2S2/c8-3-1-2-5-10-7-9-4-6-11-7/h1-2,4,6H,3,5,8H2/b2-1+. The average Bonchev–Trinajstić information content (AvgIpc) is 2.50. The molecule has 0 aliphatic carbocycles. The second-order valence-corrected chi connectivity index (χ2v) is 3.98. The van der Waals surface area contributed by atoms with Crippen LogP contribution < -0.4 is 5.73 Å². The summed E-state index contributed by atoms with van der Waals surface area (Å²) in [5, 5.41) is 1.98. The molecule has 0 aliphatic heterocycles. The molecule has 0 radical (unpaired) electrons. The van der Waals surface area contributed by atoms with Crippen molar-refractivity contribution in [3.05, 3.63) is 23.7 Å². The monoisotopic (exact) mass is 186 g/mol. The van der Waals surface area contributed by atoms with E-state index >= 15 is 0 Å². The van der Waals surface area contributed by atoms with E-state index in [0.29, 0.717) is 6.54 Å². The topological polar surface area (TPSA) is 38.9 Å². The van der Waals surface area contributed by atoms with Crippen LogP contribution in [0.15, 0.2) is 28.1 Å². The zero-order valence-electron chi connectivity index (χ0n) is 6.06. The number of thioether (sulfide) groups is 1. The summed E-state index contributed by atoms with van der Waals surface area (Å²) in [6.07, 6.45) is 5.84. The Hall–Kier alpha value is -0.320. The minimum Gasteiger partial charge on any atom is -0.327 e. The largest absolute Gasteiger partial charge is 0.327 e. The maximum Gasteiger partial charge on any atom is 0.150 e. The molecule has 0 aromatic carbocycles. The molecular weight excluding hydrogens is 176 g/mol. The van der Waals surface area contributed by atoms with Crippen molar-refractivity contribution < 1.29 is 0 Å². The number of thiazole rings is 1. The molecule has 2 nitrogen and oxygen atoms in total. The van der Waals surface area contributed by atoms with E-state index in [2.05, 4.69) is 11.1 Å². The van der Waals surface area contributed by atoms with Gasteiger partial charge in [0.2, 0.25) is 0 Å². The summed E-state index contributed by atoms with van der Waals surface area (Å²) < 4.78 is 1.12. The molecule has 1 aromatic rings. The minimum absolute atomic E-state index is 0.623. The van der Waals surface area contributed by atoms with E-state index in [1.54, 1.807) is 23.1 Å². The minimum atomic E-state index is 0.623. The maximum atomic E-state index is 5.28. The average molecular weight is 186 g/mol. The molecule has 0 saturated carbocycles. The van der Waals surface area contributed by atoms with Gasteiger partial charge in [0.25, 0.3) is 0 Å². The normalized spacial score (nSPS) is 11.0. The molecule has 0 fully saturated rings. The molecule has 0 amide bonds. The van der Waals surface area contributed by atoms with Crippen LogP contribution in [0.2, 0.25) is 0 Å². The summed E-state index contributed by atoms with van der Waals surface area (Å²) in [7, 11) is 0. The Kier molecular flexibility index (Phi) is 4.26. The summed E-state index contributed by atoms with van der Waals surface area (Å²) in [5.74, 6) is 0.963. The van der Waals surface area contributed by atoms with Gasteiger partial charge in [-0.25, -0.2) is 4.98 Å². The fourth-order valence-electron chi connectivity index (χ4n) is 0.565. The summed E-state index contributed by atoms with van der Waals surface area (Å²) in [4.78, 5) is 4.13. The molecule has 0 unspecified atom stereocenters. The van der Waals surface area contributed by atoms with Crippen molar-refractivity contribution in [2.45, 2.75) is 4.34 Å². The highest BCUT2D eigenvalue weighted by molar-refractivity contribution is 8.01. The van der Waals surface area contributed by atoms with Crippen LogP contribution in [0.25, 0.3) is 0 Å². The fraction of sp³-hybridized carbons (Fsp3) is 0.286. The Morgan fingerprint density at radius 1 is 1.64 bits per heavy atom. The molecule has 0 aliphatic rings. The van der Waals surface area contributed by atoms with Gasteiger partial charge in [0, 0.05) is 23.9 Å². The van der Waals surface area contributed by atoms with E-state index in [1.165, 1.54) is 0 Å². The molecule has 0 spiro atoms. The number of rotatable bonds is 4. The molecule has 60 valence electrons. The number of aromatic nitrogens is 1. The molecule has 2 N–H and O–H groups in total. The number of hydrogen-bond acceptors (Lipinski definition) is 4. The van der Waals surface area contributed by atoms with Crippen molar-refractivity contribution >= 4 is 23.1 Å². The highest BCUT2D eigenvalue weighted by Crippen LogP contribution is 2.19. The van der Waals surface area contributed by atoms with E-state index in [4.69, 9.17) is 5.73 Å². The van der Waals surface area contributed by atoms with Gasteiger partial charge in [-0.1, -0.05) is 23.9 Å². The van der Waals surface area contributed by atoms with Gasteiger partial charge < -0.3 is 5.73 Å². The third-order valence-corrected chi connectivity index (χ3v) is 2.93. The van der Waals surface area contributed by atoms with E-state index in [0.717, 1.165) is 10.1 Å². The van der Waals surface area contributed by atoms with Crippen LogP contribution in [-0.4, -0.2) is 17.3 Å². The van der Waals surface area contributed by atoms with Gasteiger partial charge in [-0.3, -0.25) is 0 Å². The highest BCUT2D eigenvalue weighted by Gasteiger charge is 1.91. The van der Waals surface area contributed by atoms with Gasteiger partial charge in [-0.05, 0) is 0 Å². The Morgan fingerprint density at radius 2 is 2.55 bits per heavy atom. The molecule has 4 heteroatoms. The third kappa shape index (κ3) is 3.55. The molecular formula is C7H10N2S2. The van der Waals surface area contributed by atoms with Crippen molar-refractivity contribution in [2.75, 3.05) is 12.3 Å². The van der Waals surface area contributed by atoms with Gasteiger partial charge >= 0.3 is 0 Å². The molecule has 1 aromatic heterocycles. The third-order valence-electron chi connectivity index (χ3n) is 1.02. The van der Waals surface area contributed by atoms with Crippen molar-refractivity contribution in [1.29, 1.82) is 0 Å². The first kappa shape index (κ1) is 8.77. The Balaban J connectivity index is 2.19. The molecule has 0 atom stereocenters. The van der Waals surface area contributed by atoms with Crippen LogP contribution in [0.4, 0.5) is 0 Å². The smallest absolute Gasteiger partial charge is 0.150 e. The van der Waals surface area contributed by atoms with Gasteiger partial charge in [0.15, 0.2) is 0 Å². The zero-order valence-corrected chi connectivity index (χ0v) is 7.70. The molecule has 1 rings (SSSR count). The molecule has 11 heavy (non-hydrogen) atoms. The van der Waals surface area contributed by atoms with Crippen LogP contribution in [0.1, 0.15) is 0 Å². The van der Waals surface area contributed by atoms with Crippen molar-refractivity contribution in [3.8, 4) is 0 Å². The van der Waals surface area contributed by atoms with Crippen LogP contribution in [-0.2, 0) is 0 Å². The summed E-state index contributed by atoms with van der Waals surface area (Å²) in [6.45, 7) is 0.623. The first-order valence-electron chi connectivity index (χ1n) is 3.31. The van der Waals surface area contributed by atoms with E-state index in [9.17, 15) is 0 Å². The lowest BCUT2D eigenvalue weighted by atomic mass is 10.5. The van der Waals surface area contributed by atoms with Crippen LogP contribution >= 0.6 is 23.1 Å². The predicted octanol–water partition coefficient (Wildman–Crippen LogP) is 1.75. The summed E-state index contributed by atoms with van der Waals surface area (Å²) in [5.41, 5.74) is 5.28. The Morgan fingerprint density at radius 3 is 3.18 bits per heavy atom. The first-order valence-corrected chi connectivity index (χ1v) is 5.17. The quantitative estimate of drug-likeness (QED) is 0.575. The second kappa shape index (κ2) is 5.35. The first-order chi connectivity index (χ1) is 5.43. The van der Waals surface area contributed by atoms with Crippen molar-refractivity contribution in [3.63, 3.8) is 0 Å². The van der Waals surface area contributed by atoms with Crippen LogP contribution in [0, 0.1) is 0 Å². The highest BCUT2D eigenvalue weighted by atomic mass is 32.2. The van der Waals surface area contributed by atoms with Crippen LogP contribution in [0.5, 0.6) is 0 Å². The number of hydrogen-bond donors (Lipinski definition) is 1. The second-order valence-electron chi connectivity index (χ2n) is 1.82. The van der Waals surface area contributed by atoms with Crippen LogP contribution in [0.3, 0.4) is 0 Å². The van der Waals surface area contributed by atoms with E-state index in [-0.39, 0.29) is 0 Å². The molecule has 0 saturated heterocycles. The zero-order chi connectivity index (χ0) is 7.94. The lowest BCUT2D eigenvalue weighted by molar-refractivity contribution is 1.24. The summed E-state index contributed by atoms with van der Waals surface area (Å²) >= 11 is 3.40. The molecule has 1 heterocycles. The van der Waals surface area contributed by atoms with Gasteiger partial charge in [-0.2, -0.15) is 0 Å². The van der Waals surface area contributed by atoms with E-state index < -0.39 is 0 Å². The number of nitrogens with zero attached hydrogens (tertiary/aromatic N) is 1. The Bertz CT molecular complexity index is 206. The van der Waals surface area contributed by atoms with Gasteiger partial charge in [0.1, 0.15) is 4.34 Å². The lowest BCUT2D eigenvalue weighted by Crippen LogP contribution is -1.92. The van der Waals surface area contributed by atoms with Gasteiger partial charge in [-0.15, -0.1) is 11.3 Å². The summed E-state index contributed by atoms with van der Waals surface area (Å²) in [6, 6.07) is 0. The Labute approximate surface area is 74.5 Å². The van der Waals surface area contributed by atoms with Crippen molar-refractivity contribution in [2.24, 2.45) is 5.73 Å². The molecule has 0 bridgehead atoms.